The Morgan fingerprint density at radius 1 is 1.03 bits per heavy atom. The van der Waals surface area contributed by atoms with Crippen molar-refractivity contribution in [2.75, 3.05) is 45.2 Å². The van der Waals surface area contributed by atoms with Gasteiger partial charge in [0, 0.05) is 50.9 Å². The second-order valence-corrected chi connectivity index (χ2v) is 10.7. The summed E-state index contributed by atoms with van der Waals surface area (Å²) in [4.78, 5) is 17.2. The quantitative estimate of drug-likeness (QED) is 0.523. The van der Waals surface area contributed by atoms with Crippen LogP contribution in [-0.4, -0.2) is 55.4 Å². The maximum atomic E-state index is 12.2. The minimum absolute atomic E-state index is 0.0640. The normalized spacial score (nSPS) is 18.2. The van der Waals surface area contributed by atoms with E-state index in [9.17, 15) is 10.1 Å². The zero-order chi connectivity index (χ0) is 23.4. The fourth-order valence-corrected chi connectivity index (χ4v) is 6.24. The van der Waals surface area contributed by atoms with Gasteiger partial charge in [0.25, 0.3) is 5.91 Å². The zero-order valence-electron chi connectivity index (χ0n) is 19.3. The third-order valence-electron chi connectivity index (χ3n) is 6.89. The van der Waals surface area contributed by atoms with E-state index in [1.165, 1.54) is 25.7 Å². The van der Waals surface area contributed by atoms with Gasteiger partial charge >= 0.3 is 0 Å². The Kier molecular flexibility index (Phi) is 7.85. The Bertz CT molecular complexity index is 1020. The van der Waals surface area contributed by atoms with E-state index in [0.717, 1.165) is 54.2 Å². The lowest BCUT2D eigenvalue weighted by Crippen LogP contribution is -2.39. The number of carbonyl (C=O) groups excluding carboxylic acids is 1. The SMILES string of the molecule is CN(C)C(=O)c1ccc(N2CCC(C3CCN(Sc4ccccc4C#N)CC3)CC2)cc1Cl. The highest BCUT2D eigenvalue weighted by Gasteiger charge is 2.30. The molecule has 1 amide bonds. The zero-order valence-corrected chi connectivity index (χ0v) is 20.9. The molecular formula is C26H31ClN4OS. The van der Waals surface area contributed by atoms with Crippen molar-refractivity contribution >= 4 is 35.1 Å². The molecule has 0 N–H and O–H groups in total. The predicted molar refractivity (Wildman–Crippen MR) is 136 cm³/mol. The van der Waals surface area contributed by atoms with Gasteiger partial charge in [-0.05, 0) is 79.8 Å². The first-order valence-corrected chi connectivity index (χ1v) is 12.8. The Labute approximate surface area is 206 Å². The molecule has 2 aliphatic rings. The highest BCUT2D eigenvalue weighted by atomic mass is 35.5. The van der Waals surface area contributed by atoms with Gasteiger partial charge in [-0.15, -0.1) is 0 Å². The van der Waals surface area contributed by atoms with Crippen molar-refractivity contribution in [3.63, 3.8) is 0 Å². The molecule has 0 unspecified atom stereocenters. The monoisotopic (exact) mass is 482 g/mol. The molecule has 0 spiro atoms. The molecule has 7 heteroatoms. The van der Waals surface area contributed by atoms with Crippen molar-refractivity contribution in [1.82, 2.24) is 9.21 Å². The summed E-state index contributed by atoms with van der Waals surface area (Å²) in [5, 5.41) is 9.85. The highest BCUT2D eigenvalue weighted by Crippen LogP contribution is 2.37. The van der Waals surface area contributed by atoms with Crippen LogP contribution in [0, 0.1) is 23.2 Å². The number of piperidine rings is 2. The van der Waals surface area contributed by atoms with Gasteiger partial charge in [-0.2, -0.15) is 5.26 Å². The molecular weight excluding hydrogens is 452 g/mol. The summed E-state index contributed by atoms with van der Waals surface area (Å²) in [5.74, 6) is 1.48. The van der Waals surface area contributed by atoms with E-state index in [0.29, 0.717) is 10.6 Å². The van der Waals surface area contributed by atoms with Crippen molar-refractivity contribution in [3.05, 3.63) is 58.6 Å². The van der Waals surface area contributed by atoms with E-state index in [-0.39, 0.29) is 5.91 Å². The van der Waals surface area contributed by atoms with Crippen LogP contribution in [0.25, 0.3) is 0 Å². The average molecular weight is 483 g/mol. The first kappa shape index (κ1) is 23.9. The van der Waals surface area contributed by atoms with E-state index >= 15 is 0 Å². The molecule has 0 atom stereocenters. The number of halogens is 1. The molecule has 0 radical (unpaired) electrons. The van der Waals surface area contributed by atoms with Gasteiger partial charge in [-0.1, -0.05) is 23.7 Å². The van der Waals surface area contributed by atoms with Crippen LogP contribution in [0.2, 0.25) is 5.02 Å². The fraction of sp³-hybridized carbons (Fsp3) is 0.462. The standard InChI is InChI=1S/C26H31ClN4OS/c1-29(2)26(32)23-8-7-22(17-24(23)27)30-13-9-19(10-14-30)20-11-15-31(16-12-20)33-25-6-4-3-5-21(25)18-28/h3-8,17,19-20H,9-16H2,1-2H3. The number of anilines is 1. The van der Waals surface area contributed by atoms with Gasteiger partial charge in [0.1, 0.15) is 6.07 Å². The van der Waals surface area contributed by atoms with Gasteiger partial charge in [0.2, 0.25) is 0 Å². The third-order valence-corrected chi connectivity index (χ3v) is 8.38. The molecule has 174 valence electrons. The Morgan fingerprint density at radius 2 is 1.67 bits per heavy atom. The van der Waals surface area contributed by atoms with Crippen LogP contribution < -0.4 is 4.90 Å². The maximum absolute atomic E-state index is 12.2. The smallest absolute Gasteiger partial charge is 0.254 e. The largest absolute Gasteiger partial charge is 0.371 e. The van der Waals surface area contributed by atoms with Crippen LogP contribution >= 0.6 is 23.5 Å². The fourth-order valence-electron chi connectivity index (χ4n) is 4.96. The lowest BCUT2D eigenvalue weighted by Gasteiger charge is -2.40. The second kappa shape index (κ2) is 10.8. The van der Waals surface area contributed by atoms with Crippen molar-refractivity contribution in [3.8, 4) is 6.07 Å². The molecule has 0 bridgehead atoms. The van der Waals surface area contributed by atoms with E-state index in [1.807, 2.05) is 42.5 Å². The number of amides is 1. The van der Waals surface area contributed by atoms with Crippen LogP contribution in [0.5, 0.6) is 0 Å². The highest BCUT2D eigenvalue weighted by molar-refractivity contribution is 7.97. The first-order chi connectivity index (χ1) is 16.0. The summed E-state index contributed by atoms with van der Waals surface area (Å²) in [6.45, 7) is 4.22. The van der Waals surface area contributed by atoms with Gasteiger partial charge < -0.3 is 9.80 Å². The number of benzene rings is 2. The lowest BCUT2D eigenvalue weighted by atomic mass is 9.79. The van der Waals surface area contributed by atoms with E-state index < -0.39 is 0 Å². The molecule has 2 fully saturated rings. The Balaban J connectivity index is 1.27. The second-order valence-electron chi connectivity index (χ2n) is 9.15. The summed E-state index contributed by atoms with van der Waals surface area (Å²) >= 11 is 8.16. The molecule has 0 aliphatic carbocycles. The van der Waals surface area contributed by atoms with Gasteiger partial charge in [-0.25, -0.2) is 4.31 Å². The summed E-state index contributed by atoms with van der Waals surface area (Å²) < 4.78 is 2.42. The number of hydrogen-bond acceptors (Lipinski definition) is 5. The molecule has 33 heavy (non-hydrogen) atoms. The van der Waals surface area contributed by atoms with Crippen molar-refractivity contribution in [1.29, 1.82) is 5.26 Å². The minimum Gasteiger partial charge on any atom is -0.371 e. The number of hydrogen-bond donors (Lipinski definition) is 0. The van der Waals surface area contributed by atoms with E-state index in [2.05, 4.69) is 15.3 Å². The lowest BCUT2D eigenvalue weighted by molar-refractivity contribution is 0.0828. The van der Waals surface area contributed by atoms with Crippen molar-refractivity contribution in [2.24, 2.45) is 11.8 Å². The minimum atomic E-state index is -0.0640. The van der Waals surface area contributed by atoms with Gasteiger partial charge in [0.05, 0.1) is 16.1 Å². The maximum Gasteiger partial charge on any atom is 0.254 e. The summed E-state index contributed by atoms with van der Waals surface area (Å²) in [7, 11) is 3.48. The Morgan fingerprint density at radius 3 is 2.27 bits per heavy atom. The number of rotatable bonds is 5. The van der Waals surface area contributed by atoms with Crippen LogP contribution in [0.3, 0.4) is 0 Å². The summed E-state index contributed by atoms with van der Waals surface area (Å²) in [5.41, 5.74) is 2.43. The van der Waals surface area contributed by atoms with Crippen molar-refractivity contribution in [2.45, 2.75) is 30.6 Å². The first-order valence-electron chi connectivity index (χ1n) is 11.6. The van der Waals surface area contributed by atoms with Crippen LogP contribution in [0.4, 0.5) is 5.69 Å². The van der Waals surface area contributed by atoms with Crippen LogP contribution in [0.15, 0.2) is 47.4 Å². The number of nitrogens with zero attached hydrogens (tertiary/aromatic N) is 4. The van der Waals surface area contributed by atoms with E-state index in [1.54, 1.807) is 30.9 Å². The number of carbonyl (C=O) groups is 1. The molecule has 0 saturated carbocycles. The topological polar surface area (TPSA) is 50.6 Å². The third kappa shape index (κ3) is 5.66. The molecule has 5 nitrogen and oxygen atoms in total. The molecule has 0 aromatic heterocycles. The number of nitriles is 1. The molecule has 2 heterocycles. The Hall–Kier alpha value is -2.20. The van der Waals surface area contributed by atoms with Gasteiger partial charge in [-0.3, -0.25) is 4.79 Å². The predicted octanol–water partition coefficient (Wildman–Crippen LogP) is 5.55. The summed E-state index contributed by atoms with van der Waals surface area (Å²) in [6, 6.07) is 16.0. The molecule has 2 aromatic rings. The van der Waals surface area contributed by atoms with E-state index in [4.69, 9.17) is 11.6 Å². The van der Waals surface area contributed by atoms with Crippen molar-refractivity contribution < 1.29 is 4.79 Å². The molecule has 4 rings (SSSR count). The molecule has 2 aromatic carbocycles. The van der Waals surface area contributed by atoms with Gasteiger partial charge in [0.15, 0.2) is 0 Å². The average Bonchev–Trinajstić information content (AvgIpc) is 2.84. The molecule has 2 aliphatic heterocycles. The molecule has 2 saturated heterocycles. The summed E-state index contributed by atoms with van der Waals surface area (Å²) in [6.07, 6.45) is 4.84. The van der Waals surface area contributed by atoms with Crippen LogP contribution in [-0.2, 0) is 0 Å². The van der Waals surface area contributed by atoms with Crippen LogP contribution in [0.1, 0.15) is 41.6 Å².